The van der Waals surface area contributed by atoms with Gasteiger partial charge < -0.3 is 5.32 Å². The monoisotopic (exact) mass is 266 g/mol. The molecule has 0 fully saturated rings. The number of thiophene rings is 1. The van der Waals surface area contributed by atoms with Gasteiger partial charge in [0, 0.05) is 21.5 Å². The van der Waals surface area contributed by atoms with Crippen LogP contribution >= 0.6 is 22.9 Å². The molecule has 2 aromatic heterocycles. The van der Waals surface area contributed by atoms with Crippen molar-refractivity contribution in [2.45, 2.75) is 13.8 Å². The van der Waals surface area contributed by atoms with E-state index in [1.807, 2.05) is 19.2 Å². The van der Waals surface area contributed by atoms with E-state index >= 15 is 0 Å². The summed E-state index contributed by atoms with van der Waals surface area (Å²) in [5.41, 5.74) is 1.70. The van der Waals surface area contributed by atoms with Gasteiger partial charge in [0.05, 0.1) is 5.56 Å². The van der Waals surface area contributed by atoms with Crippen molar-refractivity contribution in [3.05, 3.63) is 44.7 Å². The highest BCUT2D eigenvalue weighted by Gasteiger charge is 2.12. The van der Waals surface area contributed by atoms with E-state index in [-0.39, 0.29) is 5.91 Å². The van der Waals surface area contributed by atoms with Crippen molar-refractivity contribution < 1.29 is 4.79 Å². The van der Waals surface area contributed by atoms with Gasteiger partial charge >= 0.3 is 0 Å². The van der Waals surface area contributed by atoms with Crippen molar-refractivity contribution in [2.24, 2.45) is 0 Å². The molecule has 88 valence electrons. The summed E-state index contributed by atoms with van der Waals surface area (Å²) in [7, 11) is 0. The van der Waals surface area contributed by atoms with Gasteiger partial charge in [-0.3, -0.25) is 4.79 Å². The lowest BCUT2D eigenvalue weighted by Gasteiger charge is -2.04. The Morgan fingerprint density at radius 1 is 1.47 bits per heavy atom. The molecule has 2 heterocycles. The second kappa shape index (κ2) is 4.85. The zero-order valence-electron chi connectivity index (χ0n) is 9.45. The van der Waals surface area contributed by atoms with Crippen molar-refractivity contribution in [3.63, 3.8) is 0 Å². The van der Waals surface area contributed by atoms with Crippen LogP contribution in [-0.2, 0) is 0 Å². The molecule has 2 aromatic rings. The SMILES string of the molecule is Cc1scc(C(=O)Nc2cc(Cl)ccn2)c1C. The Labute approximate surface area is 108 Å². The lowest BCUT2D eigenvalue weighted by molar-refractivity contribution is 0.102. The Kier molecular flexibility index (Phi) is 3.45. The molecular weight excluding hydrogens is 256 g/mol. The molecule has 0 aliphatic heterocycles. The normalized spacial score (nSPS) is 10.3. The fourth-order valence-electron chi connectivity index (χ4n) is 1.39. The standard InChI is InChI=1S/C12H11ClN2OS/c1-7-8(2)17-6-10(7)12(16)15-11-5-9(13)3-4-14-11/h3-6H,1-2H3,(H,14,15,16). The van der Waals surface area contributed by atoms with Gasteiger partial charge in [-0.05, 0) is 31.5 Å². The number of anilines is 1. The number of hydrogen-bond donors (Lipinski definition) is 1. The summed E-state index contributed by atoms with van der Waals surface area (Å²) in [6.45, 7) is 3.93. The minimum Gasteiger partial charge on any atom is -0.306 e. The number of amides is 1. The first-order valence-electron chi connectivity index (χ1n) is 5.05. The molecule has 17 heavy (non-hydrogen) atoms. The summed E-state index contributed by atoms with van der Waals surface area (Å²) in [5, 5.41) is 5.13. The molecule has 0 radical (unpaired) electrons. The zero-order valence-corrected chi connectivity index (χ0v) is 11.0. The minimum absolute atomic E-state index is 0.151. The first-order valence-corrected chi connectivity index (χ1v) is 6.31. The highest BCUT2D eigenvalue weighted by atomic mass is 35.5. The maximum Gasteiger partial charge on any atom is 0.257 e. The number of rotatable bonds is 2. The number of pyridine rings is 1. The Hall–Kier alpha value is -1.39. The molecule has 1 N–H and O–H groups in total. The number of carbonyl (C=O) groups excluding carboxylic acids is 1. The average Bonchev–Trinajstić information content (AvgIpc) is 2.60. The van der Waals surface area contributed by atoms with Gasteiger partial charge in [0.15, 0.2) is 0 Å². The third kappa shape index (κ3) is 2.65. The topological polar surface area (TPSA) is 42.0 Å². The summed E-state index contributed by atoms with van der Waals surface area (Å²) in [6, 6.07) is 3.28. The minimum atomic E-state index is -0.151. The van der Waals surface area contributed by atoms with Gasteiger partial charge in [0.1, 0.15) is 5.82 Å². The van der Waals surface area contributed by atoms with E-state index in [0.29, 0.717) is 16.4 Å². The number of hydrogen-bond acceptors (Lipinski definition) is 3. The molecule has 5 heteroatoms. The second-order valence-corrected chi connectivity index (χ2v) is 5.16. The predicted molar refractivity (Wildman–Crippen MR) is 71.0 cm³/mol. The van der Waals surface area contributed by atoms with E-state index in [4.69, 9.17) is 11.6 Å². The molecule has 0 bridgehead atoms. The van der Waals surface area contributed by atoms with Crippen LogP contribution in [0.4, 0.5) is 5.82 Å². The van der Waals surface area contributed by atoms with E-state index in [1.54, 1.807) is 29.7 Å². The fourth-order valence-corrected chi connectivity index (χ4v) is 2.42. The van der Waals surface area contributed by atoms with Crippen LogP contribution in [0, 0.1) is 13.8 Å². The lowest BCUT2D eigenvalue weighted by atomic mass is 10.1. The van der Waals surface area contributed by atoms with E-state index in [1.165, 1.54) is 0 Å². The van der Waals surface area contributed by atoms with Crippen LogP contribution in [0.15, 0.2) is 23.7 Å². The molecule has 0 saturated carbocycles. The van der Waals surface area contributed by atoms with Gasteiger partial charge in [-0.25, -0.2) is 4.98 Å². The first kappa shape index (κ1) is 12.1. The van der Waals surface area contributed by atoms with Crippen LogP contribution in [-0.4, -0.2) is 10.9 Å². The average molecular weight is 267 g/mol. The Bertz CT molecular complexity index is 565. The van der Waals surface area contributed by atoms with Crippen LogP contribution < -0.4 is 5.32 Å². The third-order valence-corrected chi connectivity index (χ3v) is 3.74. The molecular formula is C12H11ClN2OS. The fraction of sp³-hybridized carbons (Fsp3) is 0.167. The maximum absolute atomic E-state index is 12.0. The van der Waals surface area contributed by atoms with Gasteiger partial charge in [-0.2, -0.15) is 0 Å². The smallest absolute Gasteiger partial charge is 0.257 e. The molecule has 1 amide bonds. The Morgan fingerprint density at radius 3 is 2.82 bits per heavy atom. The summed E-state index contributed by atoms with van der Waals surface area (Å²) in [6.07, 6.45) is 1.56. The molecule has 0 aliphatic rings. The van der Waals surface area contributed by atoms with Crippen LogP contribution in [0.5, 0.6) is 0 Å². The summed E-state index contributed by atoms with van der Waals surface area (Å²) in [4.78, 5) is 17.1. The van der Waals surface area contributed by atoms with Gasteiger partial charge in [0.25, 0.3) is 5.91 Å². The van der Waals surface area contributed by atoms with Crippen molar-refractivity contribution in [1.82, 2.24) is 4.98 Å². The largest absolute Gasteiger partial charge is 0.306 e. The number of nitrogens with zero attached hydrogens (tertiary/aromatic N) is 1. The summed E-state index contributed by atoms with van der Waals surface area (Å²) >= 11 is 7.39. The highest BCUT2D eigenvalue weighted by Crippen LogP contribution is 2.21. The third-order valence-electron chi connectivity index (χ3n) is 2.49. The van der Waals surface area contributed by atoms with Gasteiger partial charge in [0.2, 0.25) is 0 Å². The molecule has 0 spiro atoms. The number of halogens is 1. The van der Waals surface area contributed by atoms with Crippen molar-refractivity contribution in [3.8, 4) is 0 Å². The lowest BCUT2D eigenvalue weighted by Crippen LogP contribution is -2.13. The van der Waals surface area contributed by atoms with Crippen LogP contribution in [0.1, 0.15) is 20.8 Å². The van der Waals surface area contributed by atoms with Crippen LogP contribution in [0.2, 0.25) is 5.02 Å². The van der Waals surface area contributed by atoms with Crippen LogP contribution in [0.3, 0.4) is 0 Å². The molecule has 0 atom stereocenters. The quantitative estimate of drug-likeness (QED) is 0.901. The number of carbonyl (C=O) groups is 1. The number of aromatic nitrogens is 1. The molecule has 0 aliphatic carbocycles. The van der Waals surface area contributed by atoms with Crippen molar-refractivity contribution in [2.75, 3.05) is 5.32 Å². The highest BCUT2D eigenvalue weighted by molar-refractivity contribution is 7.10. The Morgan fingerprint density at radius 2 is 2.24 bits per heavy atom. The predicted octanol–water partition coefficient (Wildman–Crippen LogP) is 3.67. The van der Waals surface area contributed by atoms with Crippen molar-refractivity contribution >= 4 is 34.7 Å². The maximum atomic E-state index is 12.0. The van der Waals surface area contributed by atoms with E-state index in [0.717, 1.165) is 10.4 Å². The molecule has 0 aromatic carbocycles. The van der Waals surface area contributed by atoms with Crippen molar-refractivity contribution in [1.29, 1.82) is 0 Å². The van der Waals surface area contributed by atoms with Gasteiger partial charge in [-0.15, -0.1) is 11.3 Å². The molecule has 3 nitrogen and oxygen atoms in total. The zero-order chi connectivity index (χ0) is 12.4. The van der Waals surface area contributed by atoms with E-state index in [2.05, 4.69) is 10.3 Å². The molecule has 0 unspecified atom stereocenters. The number of aryl methyl sites for hydroxylation is 1. The summed E-state index contributed by atoms with van der Waals surface area (Å²) < 4.78 is 0. The second-order valence-electron chi connectivity index (χ2n) is 3.64. The Balaban J connectivity index is 2.20. The van der Waals surface area contributed by atoms with E-state index in [9.17, 15) is 4.79 Å². The summed E-state index contributed by atoms with van der Waals surface area (Å²) in [5.74, 6) is 0.312. The molecule has 2 rings (SSSR count). The first-order chi connectivity index (χ1) is 8.08. The van der Waals surface area contributed by atoms with E-state index < -0.39 is 0 Å². The van der Waals surface area contributed by atoms with Gasteiger partial charge in [-0.1, -0.05) is 11.6 Å². The van der Waals surface area contributed by atoms with Crippen LogP contribution in [0.25, 0.3) is 0 Å². The molecule has 0 saturated heterocycles. The number of nitrogens with one attached hydrogen (secondary N) is 1.